The van der Waals surface area contributed by atoms with Crippen LogP contribution < -0.4 is 0 Å². The van der Waals surface area contributed by atoms with Gasteiger partial charge in [-0.2, -0.15) is 0 Å². The lowest BCUT2D eigenvalue weighted by atomic mass is 9.77. The van der Waals surface area contributed by atoms with Gasteiger partial charge in [0.1, 0.15) is 41.2 Å². The van der Waals surface area contributed by atoms with Crippen molar-refractivity contribution in [1.82, 2.24) is 0 Å². The van der Waals surface area contributed by atoms with Crippen molar-refractivity contribution in [1.29, 1.82) is 0 Å². The van der Waals surface area contributed by atoms with E-state index in [0.717, 1.165) is 13.4 Å². The minimum atomic E-state index is -1.85. The topological polar surface area (TPSA) is 181 Å². The zero-order valence-electron chi connectivity index (χ0n) is 17.3. The molecule has 5 N–H and O–H groups in total. The van der Waals surface area contributed by atoms with Crippen molar-refractivity contribution in [2.24, 2.45) is 5.92 Å². The second-order valence-corrected chi connectivity index (χ2v) is 8.17. The molecule has 0 bridgehead atoms. The van der Waals surface area contributed by atoms with E-state index in [-0.39, 0.29) is 18.4 Å². The molecular weight excluding hydrogens is 420 g/mol. The van der Waals surface area contributed by atoms with E-state index in [1.54, 1.807) is 6.92 Å². The first-order valence-corrected chi connectivity index (χ1v) is 9.81. The Labute approximate surface area is 177 Å². The number of aliphatic hydroxyl groups excluding tert-OH is 4. The average molecular weight is 448 g/mol. The van der Waals surface area contributed by atoms with Crippen LogP contribution >= 0.6 is 0 Å². The first-order valence-electron chi connectivity index (χ1n) is 9.81. The molecule has 0 radical (unpaired) electrons. The van der Waals surface area contributed by atoms with Crippen molar-refractivity contribution in [3.8, 4) is 0 Å². The molecule has 3 rings (SSSR count). The van der Waals surface area contributed by atoms with Crippen LogP contribution in [0.3, 0.4) is 0 Å². The number of methoxy groups -OCH3 is 1. The van der Waals surface area contributed by atoms with E-state index in [2.05, 4.69) is 0 Å². The minimum absolute atomic E-state index is 0.0142. The second kappa shape index (κ2) is 8.62. The van der Waals surface area contributed by atoms with Gasteiger partial charge in [-0.1, -0.05) is 0 Å². The lowest BCUT2D eigenvalue weighted by molar-refractivity contribution is -0.351. The molecule has 2 heterocycles. The highest BCUT2D eigenvalue weighted by molar-refractivity contribution is 5.91. The first-order chi connectivity index (χ1) is 14.5. The second-order valence-electron chi connectivity index (χ2n) is 8.17. The van der Waals surface area contributed by atoms with Crippen molar-refractivity contribution in [2.45, 2.75) is 74.9 Å². The molecule has 12 heteroatoms. The maximum absolute atomic E-state index is 12.2. The summed E-state index contributed by atoms with van der Waals surface area (Å²) in [5, 5.41) is 51.0. The summed E-state index contributed by atoms with van der Waals surface area (Å²) in [7, 11) is 1.14. The number of carbonyl (C=O) groups is 2. The third kappa shape index (κ3) is 4.04. The van der Waals surface area contributed by atoms with Gasteiger partial charge in [0.15, 0.2) is 6.29 Å². The van der Waals surface area contributed by atoms with E-state index in [0.29, 0.717) is 0 Å². The number of ether oxygens (including phenoxy) is 5. The normalized spacial score (nSPS) is 44.6. The molecule has 1 saturated heterocycles. The highest BCUT2D eigenvalue weighted by atomic mass is 16.8. The largest absolute Gasteiger partial charge is 0.471 e. The SMILES string of the molecule is COC(=O)C1=CO[C@@H](O[C@H]2O[C@@H](CO)[C@H](O)[C@@H](O)[C@@H]2O)[C@@H]2[C@@](C)(OC(C)=O)CC[C@]12O. The van der Waals surface area contributed by atoms with Crippen LogP contribution in [-0.4, -0.2) is 99.4 Å². The summed E-state index contributed by atoms with van der Waals surface area (Å²) in [6.07, 6.45) is -8.06. The maximum atomic E-state index is 12.2. The van der Waals surface area contributed by atoms with E-state index < -0.39 is 72.7 Å². The Morgan fingerprint density at radius 2 is 1.84 bits per heavy atom. The van der Waals surface area contributed by atoms with Crippen molar-refractivity contribution >= 4 is 11.9 Å². The van der Waals surface area contributed by atoms with Gasteiger partial charge in [-0.05, 0) is 19.8 Å². The van der Waals surface area contributed by atoms with Crippen LogP contribution in [0.25, 0.3) is 0 Å². The monoisotopic (exact) mass is 448 g/mol. The summed E-state index contributed by atoms with van der Waals surface area (Å²) in [6, 6.07) is 0. The summed E-state index contributed by atoms with van der Waals surface area (Å²) in [5.41, 5.74) is -3.37. The zero-order chi connectivity index (χ0) is 23.1. The summed E-state index contributed by atoms with van der Waals surface area (Å²) in [5.74, 6) is -2.62. The molecule has 0 unspecified atom stereocenters. The fraction of sp³-hybridized carbons (Fsp3) is 0.789. The molecule has 2 fully saturated rings. The van der Waals surface area contributed by atoms with E-state index in [4.69, 9.17) is 23.7 Å². The van der Waals surface area contributed by atoms with Crippen LogP contribution in [0.15, 0.2) is 11.8 Å². The standard InChI is InChI=1S/C19H28O12/c1-8(21)31-18(2)4-5-19(26)9(15(25)27-3)7-28-17(14(18)19)30-16-13(24)12(23)11(22)10(6-20)29-16/h7,10-14,16-17,20,22-24,26H,4-6H2,1-3H3/t10-,11-,12+,13-,14+,16+,17-,18-,19-/m0/s1. The fourth-order valence-corrected chi connectivity index (χ4v) is 4.59. The van der Waals surface area contributed by atoms with Crippen molar-refractivity contribution in [3.63, 3.8) is 0 Å². The summed E-state index contributed by atoms with van der Waals surface area (Å²) in [6.45, 7) is 2.07. The molecule has 0 aromatic heterocycles. The third-order valence-electron chi connectivity index (χ3n) is 6.13. The van der Waals surface area contributed by atoms with Gasteiger partial charge in [0.05, 0.1) is 25.9 Å². The Morgan fingerprint density at radius 3 is 2.42 bits per heavy atom. The number of fused-ring (bicyclic) bond motifs is 1. The van der Waals surface area contributed by atoms with E-state index in [1.165, 1.54) is 6.92 Å². The van der Waals surface area contributed by atoms with E-state index in [9.17, 15) is 35.1 Å². The number of esters is 2. The van der Waals surface area contributed by atoms with Crippen molar-refractivity contribution in [2.75, 3.05) is 13.7 Å². The lowest BCUT2D eigenvalue weighted by Gasteiger charge is -2.46. The molecule has 2 aliphatic heterocycles. The predicted molar refractivity (Wildman–Crippen MR) is 97.7 cm³/mol. The molecule has 31 heavy (non-hydrogen) atoms. The van der Waals surface area contributed by atoms with Gasteiger partial charge in [-0.3, -0.25) is 4.79 Å². The minimum Gasteiger partial charge on any atom is -0.471 e. The van der Waals surface area contributed by atoms with Crippen LogP contribution in [0.4, 0.5) is 0 Å². The summed E-state index contributed by atoms with van der Waals surface area (Å²) < 4.78 is 26.7. The van der Waals surface area contributed by atoms with Gasteiger partial charge >= 0.3 is 11.9 Å². The lowest BCUT2D eigenvalue weighted by Crippen LogP contribution is -2.62. The van der Waals surface area contributed by atoms with E-state index >= 15 is 0 Å². The Kier molecular flexibility index (Phi) is 6.63. The molecule has 3 aliphatic rings. The number of rotatable bonds is 5. The fourth-order valence-electron chi connectivity index (χ4n) is 4.59. The zero-order valence-corrected chi connectivity index (χ0v) is 17.3. The molecule has 0 aromatic carbocycles. The molecule has 1 saturated carbocycles. The number of aliphatic hydroxyl groups is 5. The van der Waals surface area contributed by atoms with Gasteiger partial charge in [-0.25, -0.2) is 4.79 Å². The molecule has 9 atom stereocenters. The van der Waals surface area contributed by atoms with E-state index in [1.807, 2.05) is 0 Å². The Bertz CT molecular complexity index is 737. The summed E-state index contributed by atoms with van der Waals surface area (Å²) in [4.78, 5) is 23.9. The maximum Gasteiger partial charge on any atom is 0.339 e. The Morgan fingerprint density at radius 1 is 1.16 bits per heavy atom. The van der Waals surface area contributed by atoms with Crippen LogP contribution in [0.1, 0.15) is 26.7 Å². The van der Waals surface area contributed by atoms with Crippen LogP contribution in [-0.2, 0) is 33.3 Å². The van der Waals surface area contributed by atoms with Crippen molar-refractivity contribution < 1.29 is 58.8 Å². The number of carbonyl (C=O) groups excluding carboxylic acids is 2. The van der Waals surface area contributed by atoms with Gasteiger partial charge < -0.3 is 49.2 Å². The molecule has 176 valence electrons. The molecular formula is C19H28O12. The Balaban J connectivity index is 1.94. The first kappa shape index (κ1) is 23.9. The predicted octanol–water partition coefficient (Wildman–Crippen LogP) is -2.32. The molecule has 1 aliphatic carbocycles. The van der Waals surface area contributed by atoms with Crippen LogP contribution in [0.2, 0.25) is 0 Å². The van der Waals surface area contributed by atoms with Gasteiger partial charge in [0.25, 0.3) is 0 Å². The van der Waals surface area contributed by atoms with Gasteiger partial charge in [0.2, 0.25) is 6.29 Å². The van der Waals surface area contributed by atoms with Gasteiger partial charge in [-0.15, -0.1) is 0 Å². The molecule has 0 aromatic rings. The average Bonchev–Trinajstić information content (AvgIpc) is 2.98. The smallest absolute Gasteiger partial charge is 0.339 e. The number of hydrogen-bond acceptors (Lipinski definition) is 12. The highest BCUT2D eigenvalue weighted by Crippen LogP contribution is 2.54. The molecule has 12 nitrogen and oxygen atoms in total. The third-order valence-corrected chi connectivity index (χ3v) is 6.13. The number of hydrogen-bond donors (Lipinski definition) is 5. The van der Waals surface area contributed by atoms with Crippen molar-refractivity contribution in [3.05, 3.63) is 11.8 Å². The van der Waals surface area contributed by atoms with Crippen LogP contribution in [0, 0.1) is 5.92 Å². The highest BCUT2D eigenvalue weighted by Gasteiger charge is 2.66. The van der Waals surface area contributed by atoms with Crippen LogP contribution in [0.5, 0.6) is 0 Å². The Hall–Kier alpha value is -1.80. The molecule has 0 spiro atoms. The van der Waals surface area contributed by atoms with Gasteiger partial charge in [0, 0.05) is 6.92 Å². The summed E-state index contributed by atoms with van der Waals surface area (Å²) >= 11 is 0. The molecule has 0 amide bonds. The quantitative estimate of drug-likeness (QED) is 0.284.